The molecular formula is C13H16ClN3O. The van der Waals surface area contributed by atoms with Gasteiger partial charge in [0, 0.05) is 0 Å². The van der Waals surface area contributed by atoms with Gasteiger partial charge in [-0.05, 0) is 24.1 Å². The molecule has 5 heteroatoms. The second-order valence-electron chi connectivity index (χ2n) is 4.07. The summed E-state index contributed by atoms with van der Waals surface area (Å²) in [7, 11) is 1.66. The second kappa shape index (κ2) is 5.87. The van der Waals surface area contributed by atoms with E-state index in [4.69, 9.17) is 16.3 Å². The number of nitrogens with zero attached hydrogens (tertiary/aromatic N) is 3. The fraction of sp³-hybridized carbons (Fsp3) is 0.385. The van der Waals surface area contributed by atoms with E-state index >= 15 is 0 Å². The highest BCUT2D eigenvalue weighted by molar-refractivity contribution is 6.20. The average Bonchev–Trinajstić information content (AvgIpc) is 2.86. The first-order valence-electron chi connectivity index (χ1n) is 5.90. The third-order valence-corrected chi connectivity index (χ3v) is 3.25. The Labute approximate surface area is 112 Å². The Morgan fingerprint density at radius 2 is 2.28 bits per heavy atom. The van der Waals surface area contributed by atoms with Crippen molar-refractivity contribution in [2.24, 2.45) is 0 Å². The molecule has 0 bridgehead atoms. The van der Waals surface area contributed by atoms with Gasteiger partial charge in [0.05, 0.1) is 25.2 Å². The molecule has 0 saturated heterocycles. The zero-order valence-electron chi connectivity index (χ0n) is 10.5. The maximum absolute atomic E-state index is 6.12. The van der Waals surface area contributed by atoms with Crippen molar-refractivity contribution in [1.29, 1.82) is 0 Å². The largest absolute Gasteiger partial charge is 0.497 e. The number of ether oxygens (including phenoxy) is 1. The first-order chi connectivity index (χ1) is 8.72. The third-order valence-electron chi connectivity index (χ3n) is 2.71. The lowest BCUT2D eigenvalue weighted by Crippen LogP contribution is -2.00. The van der Waals surface area contributed by atoms with Gasteiger partial charge in [-0.3, -0.25) is 0 Å². The average molecular weight is 266 g/mol. The highest BCUT2D eigenvalue weighted by Crippen LogP contribution is 2.21. The molecule has 0 aliphatic rings. The molecule has 0 amide bonds. The first kappa shape index (κ1) is 12.9. The van der Waals surface area contributed by atoms with Crippen LogP contribution in [-0.2, 0) is 6.54 Å². The van der Waals surface area contributed by atoms with Crippen LogP contribution in [0.5, 0.6) is 5.75 Å². The molecular weight excluding hydrogens is 250 g/mol. The lowest BCUT2D eigenvalue weighted by Gasteiger charge is -2.04. The third kappa shape index (κ3) is 3.01. The molecule has 0 aliphatic carbocycles. The number of benzene rings is 1. The predicted molar refractivity (Wildman–Crippen MR) is 71.0 cm³/mol. The van der Waals surface area contributed by atoms with Crippen LogP contribution in [0.3, 0.4) is 0 Å². The minimum absolute atomic E-state index is 0.0657. The molecule has 0 spiro atoms. The summed E-state index contributed by atoms with van der Waals surface area (Å²) in [6.07, 6.45) is 2.74. The lowest BCUT2D eigenvalue weighted by atomic mass is 10.2. The standard InChI is InChI=1S/C13H16ClN3O/c1-3-12(14)13-9-17(16-15-13)8-10-5-4-6-11(7-10)18-2/h4-7,9,12H,3,8H2,1-2H3. The van der Waals surface area contributed by atoms with Gasteiger partial charge >= 0.3 is 0 Å². The Kier molecular flexibility index (Phi) is 4.20. The zero-order chi connectivity index (χ0) is 13.0. The summed E-state index contributed by atoms with van der Waals surface area (Å²) in [4.78, 5) is 0. The molecule has 1 aromatic heterocycles. The van der Waals surface area contributed by atoms with Crippen LogP contribution >= 0.6 is 11.6 Å². The molecule has 0 N–H and O–H groups in total. The minimum Gasteiger partial charge on any atom is -0.497 e. The van der Waals surface area contributed by atoms with E-state index in [1.165, 1.54) is 0 Å². The molecule has 2 aromatic rings. The topological polar surface area (TPSA) is 39.9 Å². The normalized spacial score (nSPS) is 12.4. The summed E-state index contributed by atoms with van der Waals surface area (Å²) in [5, 5.41) is 8.09. The maximum Gasteiger partial charge on any atom is 0.119 e. The van der Waals surface area contributed by atoms with E-state index in [0.717, 1.165) is 23.4 Å². The number of alkyl halides is 1. The summed E-state index contributed by atoms with van der Waals surface area (Å²) >= 11 is 6.12. The van der Waals surface area contributed by atoms with Gasteiger partial charge in [0.1, 0.15) is 11.4 Å². The fourth-order valence-electron chi connectivity index (χ4n) is 1.70. The van der Waals surface area contributed by atoms with Gasteiger partial charge in [-0.1, -0.05) is 24.3 Å². The number of rotatable bonds is 5. The van der Waals surface area contributed by atoms with Crippen molar-refractivity contribution < 1.29 is 4.74 Å². The van der Waals surface area contributed by atoms with Gasteiger partial charge in [0.2, 0.25) is 0 Å². The van der Waals surface area contributed by atoms with E-state index in [-0.39, 0.29) is 5.38 Å². The highest BCUT2D eigenvalue weighted by Gasteiger charge is 2.10. The second-order valence-corrected chi connectivity index (χ2v) is 4.60. The van der Waals surface area contributed by atoms with Crippen molar-refractivity contribution in [3.63, 3.8) is 0 Å². The molecule has 2 rings (SSSR count). The van der Waals surface area contributed by atoms with Crippen LogP contribution in [0.4, 0.5) is 0 Å². The molecule has 0 fully saturated rings. The number of aromatic nitrogens is 3. The van der Waals surface area contributed by atoms with Crippen molar-refractivity contribution in [2.75, 3.05) is 7.11 Å². The Balaban J connectivity index is 2.11. The van der Waals surface area contributed by atoms with Gasteiger partial charge in [-0.15, -0.1) is 16.7 Å². The Morgan fingerprint density at radius 3 is 3.00 bits per heavy atom. The molecule has 4 nitrogen and oxygen atoms in total. The van der Waals surface area contributed by atoms with E-state index in [1.807, 2.05) is 37.4 Å². The lowest BCUT2D eigenvalue weighted by molar-refractivity contribution is 0.414. The molecule has 1 heterocycles. The van der Waals surface area contributed by atoms with Gasteiger partial charge in [-0.25, -0.2) is 4.68 Å². The van der Waals surface area contributed by atoms with Crippen LogP contribution in [0, 0.1) is 0 Å². The highest BCUT2D eigenvalue weighted by atomic mass is 35.5. The molecule has 0 saturated carbocycles. The van der Waals surface area contributed by atoms with Crippen molar-refractivity contribution in [3.8, 4) is 5.75 Å². The maximum atomic E-state index is 6.12. The quantitative estimate of drug-likeness (QED) is 0.780. The van der Waals surface area contributed by atoms with E-state index in [9.17, 15) is 0 Å². The summed E-state index contributed by atoms with van der Waals surface area (Å²) in [5.41, 5.74) is 1.94. The molecule has 1 atom stereocenters. The molecule has 18 heavy (non-hydrogen) atoms. The fourth-order valence-corrected chi connectivity index (χ4v) is 1.80. The van der Waals surface area contributed by atoms with Gasteiger partial charge in [-0.2, -0.15) is 0 Å². The number of hydrogen-bond acceptors (Lipinski definition) is 3. The van der Waals surface area contributed by atoms with Crippen LogP contribution in [0.1, 0.15) is 30.0 Å². The Morgan fingerprint density at radius 1 is 1.44 bits per heavy atom. The summed E-state index contributed by atoms with van der Waals surface area (Å²) in [6.45, 7) is 2.69. The first-order valence-corrected chi connectivity index (χ1v) is 6.33. The predicted octanol–water partition coefficient (Wildman–Crippen LogP) is 3.02. The van der Waals surface area contributed by atoms with Crippen molar-refractivity contribution >= 4 is 11.6 Å². The van der Waals surface area contributed by atoms with Crippen LogP contribution < -0.4 is 4.74 Å². The number of halogens is 1. The molecule has 96 valence electrons. The van der Waals surface area contributed by atoms with Gasteiger partial charge < -0.3 is 4.74 Å². The van der Waals surface area contributed by atoms with Gasteiger partial charge in [0.25, 0.3) is 0 Å². The van der Waals surface area contributed by atoms with E-state index in [2.05, 4.69) is 10.3 Å². The summed E-state index contributed by atoms with van der Waals surface area (Å²) in [5.74, 6) is 0.844. The van der Waals surface area contributed by atoms with Crippen LogP contribution in [-0.4, -0.2) is 22.1 Å². The Hall–Kier alpha value is -1.55. The molecule has 1 aromatic carbocycles. The molecule has 1 unspecified atom stereocenters. The summed E-state index contributed by atoms with van der Waals surface area (Å²) < 4.78 is 6.97. The van der Waals surface area contributed by atoms with Crippen LogP contribution in [0.25, 0.3) is 0 Å². The van der Waals surface area contributed by atoms with Crippen molar-refractivity contribution in [1.82, 2.24) is 15.0 Å². The monoisotopic (exact) mass is 265 g/mol. The summed E-state index contributed by atoms with van der Waals surface area (Å²) in [6, 6.07) is 7.89. The molecule has 0 aliphatic heterocycles. The number of methoxy groups -OCH3 is 1. The van der Waals surface area contributed by atoms with Crippen molar-refractivity contribution in [3.05, 3.63) is 41.7 Å². The Bertz CT molecular complexity index is 512. The smallest absolute Gasteiger partial charge is 0.119 e. The SMILES string of the molecule is CCC(Cl)c1cn(Cc2cccc(OC)c2)nn1. The van der Waals surface area contributed by atoms with E-state index in [0.29, 0.717) is 6.54 Å². The minimum atomic E-state index is -0.0657. The van der Waals surface area contributed by atoms with E-state index < -0.39 is 0 Å². The van der Waals surface area contributed by atoms with Crippen LogP contribution in [0.2, 0.25) is 0 Å². The van der Waals surface area contributed by atoms with E-state index in [1.54, 1.807) is 11.8 Å². The van der Waals surface area contributed by atoms with Crippen LogP contribution in [0.15, 0.2) is 30.5 Å². The van der Waals surface area contributed by atoms with Crippen molar-refractivity contribution in [2.45, 2.75) is 25.3 Å². The van der Waals surface area contributed by atoms with Gasteiger partial charge in [0.15, 0.2) is 0 Å². The zero-order valence-corrected chi connectivity index (χ0v) is 11.3. The number of hydrogen-bond donors (Lipinski definition) is 0. The molecule has 0 radical (unpaired) electrons.